The predicted molar refractivity (Wildman–Crippen MR) is 75.7 cm³/mol. The minimum absolute atomic E-state index is 0.00181. The van der Waals surface area contributed by atoms with Crippen molar-refractivity contribution in [3.8, 4) is 5.75 Å². The molecule has 0 spiro atoms. The van der Waals surface area contributed by atoms with Gasteiger partial charge in [-0.15, -0.1) is 11.8 Å². The maximum Gasteiger partial charge on any atom is 0.387 e. The molecular formula is C13H15F2NO4S. The Labute approximate surface area is 125 Å². The van der Waals surface area contributed by atoms with E-state index in [0.717, 1.165) is 11.8 Å². The van der Waals surface area contributed by atoms with Gasteiger partial charge in [-0.1, -0.05) is 12.1 Å². The van der Waals surface area contributed by atoms with Crippen LogP contribution in [0.15, 0.2) is 24.3 Å². The lowest BCUT2D eigenvalue weighted by molar-refractivity contribution is -0.139. The average Bonchev–Trinajstić information content (AvgIpc) is 2.40. The van der Waals surface area contributed by atoms with Gasteiger partial charge in [-0.2, -0.15) is 8.78 Å². The molecule has 0 unspecified atom stereocenters. The number of hydrogen-bond acceptors (Lipinski definition) is 5. The molecule has 0 aliphatic carbocycles. The van der Waals surface area contributed by atoms with Crippen molar-refractivity contribution >= 4 is 29.3 Å². The Morgan fingerprint density at radius 1 is 1.29 bits per heavy atom. The molecule has 1 aromatic carbocycles. The van der Waals surface area contributed by atoms with Gasteiger partial charge < -0.3 is 14.8 Å². The molecular weight excluding hydrogens is 304 g/mol. The second-order valence-corrected chi connectivity index (χ2v) is 4.71. The van der Waals surface area contributed by atoms with Crippen molar-refractivity contribution in [2.24, 2.45) is 0 Å². The van der Waals surface area contributed by atoms with Crippen LogP contribution in [0.1, 0.15) is 6.92 Å². The van der Waals surface area contributed by atoms with E-state index in [1.807, 2.05) is 0 Å². The number of benzene rings is 1. The minimum atomic E-state index is -2.97. The van der Waals surface area contributed by atoms with Crippen LogP contribution in [0.3, 0.4) is 0 Å². The summed E-state index contributed by atoms with van der Waals surface area (Å²) in [6, 6.07) is 5.88. The molecule has 0 saturated carbocycles. The van der Waals surface area contributed by atoms with E-state index in [0.29, 0.717) is 0 Å². The molecule has 1 rings (SSSR count). The van der Waals surface area contributed by atoms with Crippen LogP contribution < -0.4 is 10.1 Å². The summed E-state index contributed by atoms with van der Waals surface area (Å²) in [5, 5.41) is 2.45. The molecule has 0 fully saturated rings. The SMILES string of the molecule is CCOC(=O)CSCC(=O)Nc1ccccc1OC(F)F. The smallest absolute Gasteiger partial charge is 0.387 e. The van der Waals surface area contributed by atoms with Gasteiger partial charge in [0.15, 0.2) is 0 Å². The lowest BCUT2D eigenvalue weighted by atomic mass is 10.3. The summed E-state index contributed by atoms with van der Waals surface area (Å²) in [7, 11) is 0. The van der Waals surface area contributed by atoms with Crippen LogP contribution in [0.2, 0.25) is 0 Å². The van der Waals surface area contributed by atoms with Crippen molar-refractivity contribution in [2.45, 2.75) is 13.5 Å². The number of amides is 1. The number of carbonyl (C=O) groups is 2. The van der Waals surface area contributed by atoms with Crippen molar-refractivity contribution in [3.05, 3.63) is 24.3 Å². The molecule has 0 aliphatic heterocycles. The summed E-state index contributed by atoms with van der Waals surface area (Å²) < 4.78 is 33.4. The van der Waals surface area contributed by atoms with Crippen molar-refractivity contribution in [1.29, 1.82) is 0 Å². The van der Waals surface area contributed by atoms with Gasteiger partial charge >= 0.3 is 12.6 Å². The van der Waals surface area contributed by atoms with E-state index in [-0.39, 0.29) is 29.5 Å². The number of alkyl halides is 2. The van der Waals surface area contributed by atoms with Crippen LogP contribution in [0, 0.1) is 0 Å². The molecule has 21 heavy (non-hydrogen) atoms. The highest BCUT2D eigenvalue weighted by molar-refractivity contribution is 8.00. The molecule has 0 saturated heterocycles. The normalized spacial score (nSPS) is 10.3. The largest absolute Gasteiger partial charge is 0.465 e. The lowest BCUT2D eigenvalue weighted by Crippen LogP contribution is -2.17. The van der Waals surface area contributed by atoms with Gasteiger partial charge in [-0.25, -0.2) is 0 Å². The minimum Gasteiger partial charge on any atom is -0.465 e. The third-order valence-corrected chi connectivity index (χ3v) is 3.04. The molecule has 5 nitrogen and oxygen atoms in total. The zero-order valence-electron chi connectivity index (χ0n) is 11.3. The summed E-state index contributed by atoms with van der Waals surface area (Å²) in [4.78, 5) is 22.7. The number of ether oxygens (including phenoxy) is 2. The van der Waals surface area contributed by atoms with E-state index in [1.165, 1.54) is 18.2 Å². The first-order chi connectivity index (χ1) is 10.0. The van der Waals surface area contributed by atoms with Gasteiger partial charge in [0.05, 0.1) is 23.8 Å². The summed E-state index contributed by atoms with van der Waals surface area (Å²) >= 11 is 1.07. The maximum absolute atomic E-state index is 12.2. The van der Waals surface area contributed by atoms with Crippen LogP contribution >= 0.6 is 11.8 Å². The Morgan fingerprint density at radius 3 is 2.67 bits per heavy atom. The second-order valence-electron chi connectivity index (χ2n) is 3.72. The third kappa shape index (κ3) is 6.94. The Hall–Kier alpha value is -1.83. The summed E-state index contributed by atoms with van der Waals surface area (Å²) in [6.45, 7) is -1.000. The first-order valence-electron chi connectivity index (χ1n) is 6.10. The van der Waals surface area contributed by atoms with Crippen LogP contribution in [-0.4, -0.2) is 36.6 Å². The van der Waals surface area contributed by atoms with Crippen LogP contribution in [0.25, 0.3) is 0 Å². The van der Waals surface area contributed by atoms with E-state index >= 15 is 0 Å². The summed E-state index contributed by atoms with van der Waals surface area (Å²) in [6.07, 6.45) is 0. The second kappa shape index (κ2) is 9.17. The zero-order chi connectivity index (χ0) is 15.7. The van der Waals surface area contributed by atoms with Crippen LogP contribution in [0.5, 0.6) is 5.75 Å². The van der Waals surface area contributed by atoms with Gasteiger partial charge in [0.2, 0.25) is 5.91 Å². The Balaban J connectivity index is 2.46. The molecule has 1 N–H and O–H groups in total. The number of rotatable bonds is 8. The van der Waals surface area contributed by atoms with Gasteiger partial charge in [0.25, 0.3) is 0 Å². The molecule has 1 aromatic rings. The Bertz CT molecular complexity index is 485. The molecule has 0 heterocycles. The summed E-state index contributed by atoms with van der Waals surface area (Å²) in [5.41, 5.74) is 0.152. The van der Waals surface area contributed by atoms with E-state index in [2.05, 4.69) is 10.1 Å². The highest BCUT2D eigenvalue weighted by Gasteiger charge is 2.12. The van der Waals surface area contributed by atoms with Crippen molar-refractivity contribution < 1.29 is 27.8 Å². The van der Waals surface area contributed by atoms with Gasteiger partial charge in [-0.3, -0.25) is 9.59 Å². The van der Waals surface area contributed by atoms with Crippen LogP contribution in [-0.2, 0) is 14.3 Å². The fraction of sp³-hybridized carbons (Fsp3) is 0.385. The molecule has 0 aromatic heterocycles. The molecule has 0 bridgehead atoms. The Kier molecular flexibility index (Phi) is 7.52. The average molecular weight is 319 g/mol. The number of hydrogen-bond donors (Lipinski definition) is 1. The highest BCUT2D eigenvalue weighted by Crippen LogP contribution is 2.25. The fourth-order valence-electron chi connectivity index (χ4n) is 1.38. The quantitative estimate of drug-likeness (QED) is 0.746. The maximum atomic E-state index is 12.2. The number of esters is 1. The number of nitrogens with one attached hydrogen (secondary N) is 1. The van der Waals surface area contributed by atoms with Crippen LogP contribution in [0.4, 0.5) is 14.5 Å². The van der Waals surface area contributed by atoms with Gasteiger partial charge in [0.1, 0.15) is 5.75 Å². The van der Waals surface area contributed by atoms with E-state index in [1.54, 1.807) is 13.0 Å². The molecule has 8 heteroatoms. The topological polar surface area (TPSA) is 64.6 Å². The molecule has 0 radical (unpaired) electrons. The molecule has 0 atom stereocenters. The first-order valence-corrected chi connectivity index (χ1v) is 7.25. The fourth-order valence-corrected chi connectivity index (χ4v) is 1.99. The Morgan fingerprint density at radius 2 is 2.00 bits per heavy atom. The molecule has 0 aliphatic rings. The number of para-hydroxylation sites is 2. The van der Waals surface area contributed by atoms with E-state index in [4.69, 9.17) is 4.74 Å². The lowest BCUT2D eigenvalue weighted by Gasteiger charge is -2.11. The van der Waals surface area contributed by atoms with E-state index < -0.39 is 18.5 Å². The zero-order valence-corrected chi connectivity index (χ0v) is 12.1. The highest BCUT2D eigenvalue weighted by atomic mass is 32.2. The van der Waals surface area contributed by atoms with E-state index in [9.17, 15) is 18.4 Å². The third-order valence-electron chi connectivity index (χ3n) is 2.14. The van der Waals surface area contributed by atoms with Crippen molar-refractivity contribution in [2.75, 3.05) is 23.4 Å². The van der Waals surface area contributed by atoms with Gasteiger partial charge in [0, 0.05) is 0 Å². The van der Waals surface area contributed by atoms with Crippen molar-refractivity contribution in [3.63, 3.8) is 0 Å². The molecule has 116 valence electrons. The number of carbonyl (C=O) groups excluding carboxylic acids is 2. The monoisotopic (exact) mass is 319 g/mol. The summed E-state index contributed by atoms with van der Waals surface area (Å²) in [5.74, 6) is -0.888. The van der Waals surface area contributed by atoms with Crippen molar-refractivity contribution in [1.82, 2.24) is 0 Å². The predicted octanol–water partition coefficient (Wildman–Crippen LogP) is 2.52. The number of anilines is 1. The first kappa shape index (κ1) is 17.2. The van der Waals surface area contributed by atoms with Gasteiger partial charge in [-0.05, 0) is 19.1 Å². The standard InChI is InChI=1S/C13H15F2NO4S/c1-2-19-12(18)8-21-7-11(17)16-9-5-3-4-6-10(9)20-13(14)15/h3-6,13H,2,7-8H2,1H3,(H,16,17). The molecule has 1 amide bonds. The number of halogens is 2. The number of thioether (sulfide) groups is 1.